The zero-order valence-electron chi connectivity index (χ0n) is 7.05. The maximum Gasteiger partial charge on any atom is 0.0775 e. The Bertz CT molecular complexity index is 129. The molecular formula is C8H16O2. The second-order valence-corrected chi connectivity index (χ2v) is 3.22. The average molecular weight is 144 g/mol. The smallest absolute Gasteiger partial charge is 0.0775 e. The van der Waals surface area contributed by atoms with Gasteiger partial charge in [-0.05, 0) is 33.3 Å². The van der Waals surface area contributed by atoms with Gasteiger partial charge in [-0.1, -0.05) is 6.08 Å². The molecular weight excluding hydrogens is 128 g/mol. The summed E-state index contributed by atoms with van der Waals surface area (Å²) in [4.78, 5) is 0. The first-order chi connectivity index (χ1) is 4.33. The van der Waals surface area contributed by atoms with Crippen molar-refractivity contribution in [2.45, 2.75) is 39.4 Å². The molecule has 0 heterocycles. The van der Waals surface area contributed by atoms with Crippen LogP contribution in [0.4, 0.5) is 0 Å². The molecule has 0 aromatic rings. The molecule has 0 bridgehead atoms. The summed E-state index contributed by atoms with van der Waals surface area (Å²) in [5, 5.41) is 18.3. The van der Waals surface area contributed by atoms with Crippen LogP contribution in [0.15, 0.2) is 11.6 Å². The Morgan fingerprint density at radius 1 is 1.50 bits per heavy atom. The first kappa shape index (κ1) is 9.66. The second-order valence-electron chi connectivity index (χ2n) is 3.22. The molecule has 0 spiro atoms. The Morgan fingerprint density at radius 2 is 1.90 bits per heavy atom. The molecule has 2 N–H and O–H groups in total. The summed E-state index contributed by atoms with van der Waals surface area (Å²) in [7, 11) is 0. The van der Waals surface area contributed by atoms with Crippen LogP contribution in [0.5, 0.6) is 0 Å². The summed E-state index contributed by atoms with van der Waals surface area (Å²) in [6.07, 6.45) is 1.18. The van der Waals surface area contributed by atoms with E-state index in [1.807, 2.05) is 0 Å². The maximum absolute atomic E-state index is 9.25. The van der Waals surface area contributed by atoms with Crippen LogP contribution in [0.1, 0.15) is 27.7 Å². The lowest BCUT2D eigenvalue weighted by Crippen LogP contribution is -2.17. The topological polar surface area (TPSA) is 40.5 Å². The van der Waals surface area contributed by atoms with Gasteiger partial charge in [0, 0.05) is 0 Å². The van der Waals surface area contributed by atoms with Crippen molar-refractivity contribution in [2.75, 3.05) is 0 Å². The Labute approximate surface area is 62.2 Å². The molecule has 1 atom stereocenters. The van der Waals surface area contributed by atoms with Crippen molar-refractivity contribution >= 4 is 0 Å². The first-order valence-electron chi connectivity index (χ1n) is 3.43. The third-order valence-electron chi connectivity index (χ3n) is 1.24. The predicted molar refractivity (Wildman–Crippen MR) is 41.7 cm³/mol. The van der Waals surface area contributed by atoms with E-state index < -0.39 is 11.7 Å². The van der Waals surface area contributed by atoms with Crippen LogP contribution in [-0.4, -0.2) is 21.9 Å². The van der Waals surface area contributed by atoms with Crippen molar-refractivity contribution in [1.82, 2.24) is 0 Å². The van der Waals surface area contributed by atoms with Crippen molar-refractivity contribution in [2.24, 2.45) is 0 Å². The standard InChI is InChI=1S/C8H16O2/c1-6(7(2)9)5-8(3,4)10/h5,7,9-10H,1-4H3/b6-5+. The monoisotopic (exact) mass is 144 g/mol. The molecule has 0 fully saturated rings. The third kappa shape index (κ3) is 4.53. The first-order valence-corrected chi connectivity index (χ1v) is 3.43. The fourth-order valence-corrected chi connectivity index (χ4v) is 0.678. The van der Waals surface area contributed by atoms with Crippen LogP contribution in [-0.2, 0) is 0 Å². The number of aliphatic hydroxyl groups excluding tert-OH is 1. The lowest BCUT2D eigenvalue weighted by molar-refractivity contribution is 0.129. The number of aliphatic hydroxyl groups is 2. The summed E-state index contributed by atoms with van der Waals surface area (Å²) >= 11 is 0. The zero-order valence-corrected chi connectivity index (χ0v) is 7.05. The minimum atomic E-state index is -0.818. The van der Waals surface area contributed by atoms with Crippen LogP contribution < -0.4 is 0 Å². The van der Waals surface area contributed by atoms with Gasteiger partial charge in [-0.2, -0.15) is 0 Å². The molecule has 0 aromatic carbocycles. The van der Waals surface area contributed by atoms with E-state index in [1.54, 1.807) is 33.8 Å². The van der Waals surface area contributed by atoms with E-state index in [2.05, 4.69) is 0 Å². The molecule has 0 amide bonds. The summed E-state index contributed by atoms with van der Waals surface area (Å²) < 4.78 is 0. The molecule has 1 unspecified atom stereocenters. The minimum Gasteiger partial charge on any atom is -0.389 e. The van der Waals surface area contributed by atoms with Gasteiger partial charge in [0.25, 0.3) is 0 Å². The fraction of sp³-hybridized carbons (Fsp3) is 0.750. The molecule has 0 rings (SSSR count). The van der Waals surface area contributed by atoms with E-state index in [4.69, 9.17) is 5.11 Å². The summed E-state index contributed by atoms with van der Waals surface area (Å²) in [5.74, 6) is 0. The van der Waals surface area contributed by atoms with Crippen LogP contribution in [0.2, 0.25) is 0 Å². The summed E-state index contributed by atoms with van der Waals surface area (Å²) in [6.45, 7) is 6.83. The van der Waals surface area contributed by atoms with Gasteiger partial charge in [0.2, 0.25) is 0 Å². The Kier molecular flexibility index (Phi) is 3.06. The molecule has 0 aliphatic carbocycles. The normalized spacial score (nSPS) is 17.2. The highest BCUT2D eigenvalue weighted by Crippen LogP contribution is 2.09. The summed E-state index contributed by atoms with van der Waals surface area (Å²) in [6, 6.07) is 0. The van der Waals surface area contributed by atoms with Crippen molar-refractivity contribution in [1.29, 1.82) is 0 Å². The van der Waals surface area contributed by atoms with Crippen LogP contribution in [0, 0.1) is 0 Å². The molecule has 0 aromatic heterocycles. The van der Waals surface area contributed by atoms with Crippen LogP contribution in [0.25, 0.3) is 0 Å². The van der Waals surface area contributed by atoms with Gasteiger partial charge >= 0.3 is 0 Å². The van der Waals surface area contributed by atoms with Crippen LogP contribution >= 0.6 is 0 Å². The van der Waals surface area contributed by atoms with E-state index in [1.165, 1.54) is 0 Å². The zero-order chi connectivity index (χ0) is 8.36. The number of hydrogen-bond acceptors (Lipinski definition) is 2. The quantitative estimate of drug-likeness (QED) is 0.569. The van der Waals surface area contributed by atoms with Crippen molar-refractivity contribution in [3.8, 4) is 0 Å². The maximum atomic E-state index is 9.25. The highest BCUT2D eigenvalue weighted by molar-refractivity contribution is 5.09. The predicted octanol–water partition coefficient (Wildman–Crippen LogP) is 1.08. The van der Waals surface area contributed by atoms with Gasteiger partial charge < -0.3 is 10.2 Å². The Morgan fingerprint density at radius 3 is 2.00 bits per heavy atom. The molecule has 2 heteroatoms. The van der Waals surface area contributed by atoms with Gasteiger partial charge in [-0.25, -0.2) is 0 Å². The lowest BCUT2D eigenvalue weighted by Gasteiger charge is -2.14. The Balaban J connectivity index is 4.17. The van der Waals surface area contributed by atoms with Crippen molar-refractivity contribution < 1.29 is 10.2 Å². The highest BCUT2D eigenvalue weighted by Gasteiger charge is 2.09. The van der Waals surface area contributed by atoms with Gasteiger partial charge in [0.1, 0.15) is 0 Å². The summed E-state index contributed by atoms with van der Waals surface area (Å²) in [5.41, 5.74) is -0.0198. The van der Waals surface area contributed by atoms with Gasteiger partial charge in [0.05, 0.1) is 11.7 Å². The lowest BCUT2D eigenvalue weighted by atomic mass is 10.0. The molecule has 10 heavy (non-hydrogen) atoms. The third-order valence-corrected chi connectivity index (χ3v) is 1.24. The minimum absolute atomic E-state index is 0.466. The fourth-order valence-electron chi connectivity index (χ4n) is 0.678. The largest absolute Gasteiger partial charge is 0.389 e. The van der Waals surface area contributed by atoms with Gasteiger partial charge in [-0.3, -0.25) is 0 Å². The van der Waals surface area contributed by atoms with Crippen molar-refractivity contribution in [3.05, 3.63) is 11.6 Å². The van der Waals surface area contributed by atoms with Crippen molar-refractivity contribution in [3.63, 3.8) is 0 Å². The Hall–Kier alpha value is -0.340. The van der Waals surface area contributed by atoms with E-state index in [9.17, 15) is 5.11 Å². The molecule has 0 aliphatic rings. The highest BCUT2D eigenvalue weighted by atomic mass is 16.3. The van der Waals surface area contributed by atoms with E-state index in [0.717, 1.165) is 5.57 Å². The SMILES string of the molecule is C/C(=C\C(C)(C)O)C(C)O. The van der Waals surface area contributed by atoms with Gasteiger partial charge in [0.15, 0.2) is 0 Å². The molecule has 0 saturated heterocycles. The second kappa shape index (κ2) is 3.17. The van der Waals surface area contributed by atoms with E-state index in [-0.39, 0.29) is 0 Å². The molecule has 0 radical (unpaired) electrons. The molecule has 0 aliphatic heterocycles. The van der Waals surface area contributed by atoms with Gasteiger partial charge in [-0.15, -0.1) is 0 Å². The average Bonchev–Trinajstić information content (AvgIpc) is 1.60. The molecule has 0 saturated carbocycles. The van der Waals surface area contributed by atoms with E-state index >= 15 is 0 Å². The molecule has 2 nitrogen and oxygen atoms in total. The van der Waals surface area contributed by atoms with Crippen LogP contribution in [0.3, 0.4) is 0 Å². The number of rotatable bonds is 2. The molecule has 60 valence electrons. The number of hydrogen-bond donors (Lipinski definition) is 2. The van der Waals surface area contributed by atoms with E-state index in [0.29, 0.717) is 0 Å².